The molecule has 190 valence electrons. The van der Waals surface area contributed by atoms with Crippen molar-refractivity contribution in [3.63, 3.8) is 0 Å². The fourth-order valence-corrected chi connectivity index (χ4v) is 5.20. The van der Waals surface area contributed by atoms with Gasteiger partial charge in [-0.25, -0.2) is 9.97 Å². The molecule has 0 spiro atoms. The van der Waals surface area contributed by atoms with Gasteiger partial charge >= 0.3 is 0 Å². The van der Waals surface area contributed by atoms with Crippen LogP contribution in [0.5, 0.6) is 5.75 Å². The third-order valence-corrected chi connectivity index (χ3v) is 7.46. The number of ketones is 1. The Morgan fingerprint density at radius 3 is 2.79 bits per heavy atom. The number of carbonyl (C=O) groups excluding carboxylic acids is 1. The number of H-pyrrole nitrogens is 2. The van der Waals surface area contributed by atoms with Crippen molar-refractivity contribution in [3.8, 4) is 38.8 Å². The van der Waals surface area contributed by atoms with Gasteiger partial charge in [-0.2, -0.15) is 5.10 Å². The van der Waals surface area contributed by atoms with Crippen molar-refractivity contribution in [2.24, 2.45) is 0 Å². The number of aromatic amines is 2. The summed E-state index contributed by atoms with van der Waals surface area (Å²) in [6.07, 6.45) is 5.30. The summed E-state index contributed by atoms with van der Waals surface area (Å²) in [5.74, 6) is 1.40. The Hall–Kier alpha value is -4.41. The highest BCUT2D eigenvalue weighted by Crippen LogP contribution is 2.35. The fraction of sp³-hybridized carbons (Fsp3) is 0.179. The smallest absolute Gasteiger partial charge is 0.169 e. The van der Waals surface area contributed by atoms with Gasteiger partial charge in [-0.1, -0.05) is 6.07 Å². The lowest BCUT2D eigenvalue weighted by atomic mass is 10.0. The third-order valence-electron chi connectivity index (χ3n) is 6.24. The highest BCUT2D eigenvalue weighted by atomic mass is 32.1. The van der Waals surface area contributed by atoms with Crippen LogP contribution in [0, 0.1) is 0 Å². The molecule has 0 bridgehead atoms. The molecular formula is C28H25N7O2S. The van der Waals surface area contributed by atoms with Crippen molar-refractivity contribution in [1.29, 1.82) is 0 Å². The third kappa shape index (κ3) is 4.55. The van der Waals surface area contributed by atoms with E-state index in [2.05, 4.69) is 36.1 Å². The number of benzene rings is 1. The zero-order valence-corrected chi connectivity index (χ0v) is 22.0. The van der Waals surface area contributed by atoms with E-state index in [4.69, 9.17) is 9.72 Å². The first kappa shape index (κ1) is 24.0. The SMILES string of the molecule is CC(=O)c1ccc(-c2ccnc3[nH]c(-c4n[nH]c5ccc(-c6cncc(OCCN(C)C)c6)cc45)nc23)s1. The molecule has 6 rings (SSSR count). The van der Waals surface area contributed by atoms with E-state index in [1.807, 2.05) is 56.7 Å². The molecule has 10 heteroatoms. The van der Waals surface area contributed by atoms with E-state index >= 15 is 0 Å². The molecule has 2 N–H and O–H groups in total. The van der Waals surface area contributed by atoms with Crippen LogP contribution in [0.2, 0.25) is 0 Å². The molecule has 5 heterocycles. The summed E-state index contributed by atoms with van der Waals surface area (Å²) in [6, 6.07) is 13.8. The number of hydrogen-bond acceptors (Lipinski definition) is 8. The summed E-state index contributed by atoms with van der Waals surface area (Å²) in [5, 5.41) is 8.60. The quantitative estimate of drug-likeness (QED) is 0.256. The summed E-state index contributed by atoms with van der Waals surface area (Å²) in [4.78, 5) is 32.6. The van der Waals surface area contributed by atoms with Crippen LogP contribution in [0.1, 0.15) is 16.6 Å². The Labute approximate surface area is 222 Å². The molecule has 0 amide bonds. The number of hydrogen-bond donors (Lipinski definition) is 2. The monoisotopic (exact) mass is 523 g/mol. The highest BCUT2D eigenvalue weighted by Gasteiger charge is 2.17. The number of fused-ring (bicyclic) bond motifs is 2. The van der Waals surface area contributed by atoms with Crippen molar-refractivity contribution < 1.29 is 9.53 Å². The average Bonchev–Trinajstić information content (AvgIpc) is 3.66. The number of thiophene rings is 1. The van der Waals surface area contributed by atoms with Crippen molar-refractivity contribution in [2.45, 2.75) is 6.92 Å². The van der Waals surface area contributed by atoms with Crippen LogP contribution in [-0.4, -0.2) is 68.1 Å². The van der Waals surface area contributed by atoms with Gasteiger partial charge in [0.15, 0.2) is 17.3 Å². The van der Waals surface area contributed by atoms with Gasteiger partial charge in [0.1, 0.15) is 23.6 Å². The Kier molecular flexibility index (Phi) is 6.18. The zero-order chi connectivity index (χ0) is 26.2. The Balaban J connectivity index is 1.37. The van der Waals surface area contributed by atoms with Gasteiger partial charge in [0, 0.05) is 40.3 Å². The van der Waals surface area contributed by atoms with Gasteiger partial charge in [0.25, 0.3) is 0 Å². The van der Waals surface area contributed by atoms with E-state index in [0.29, 0.717) is 28.6 Å². The van der Waals surface area contributed by atoms with Crippen LogP contribution in [0.25, 0.3) is 55.2 Å². The minimum Gasteiger partial charge on any atom is -0.491 e. The van der Waals surface area contributed by atoms with Gasteiger partial charge in [-0.3, -0.25) is 14.9 Å². The summed E-state index contributed by atoms with van der Waals surface area (Å²) < 4.78 is 5.88. The van der Waals surface area contributed by atoms with Crippen LogP contribution in [-0.2, 0) is 0 Å². The normalized spacial score (nSPS) is 11.6. The Morgan fingerprint density at radius 2 is 1.97 bits per heavy atom. The first-order valence-corrected chi connectivity index (χ1v) is 13.0. The van der Waals surface area contributed by atoms with Crippen molar-refractivity contribution >= 4 is 39.2 Å². The maximum atomic E-state index is 11.8. The maximum absolute atomic E-state index is 11.8. The predicted molar refractivity (Wildman–Crippen MR) is 150 cm³/mol. The van der Waals surface area contributed by atoms with E-state index < -0.39 is 0 Å². The summed E-state index contributed by atoms with van der Waals surface area (Å²) in [6.45, 7) is 2.99. The highest BCUT2D eigenvalue weighted by molar-refractivity contribution is 7.17. The number of aromatic nitrogens is 6. The van der Waals surface area contributed by atoms with Gasteiger partial charge in [0.05, 0.1) is 16.6 Å². The molecule has 38 heavy (non-hydrogen) atoms. The number of nitrogens with one attached hydrogen (secondary N) is 2. The topological polar surface area (TPSA) is 113 Å². The van der Waals surface area contributed by atoms with Crippen LogP contribution in [0.3, 0.4) is 0 Å². The molecule has 0 saturated heterocycles. The second kappa shape index (κ2) is 9.81. The maximum Gasteiger partial charge on any atom is 0.169 e. The molecule has 0 fully saturated rings. The molecule has 0 atom stereocenters. The first-order valence-electron chi connectivity index (χ1n) is 12.1. The van der Waals surface area contributed by atoms with Gasteiger partial charge in [0.2, 0.25) is 0 Å². The minimum absolute atomic E-state index is 0.0499. The molecule has 9 nitrogen and oxygen atoms in total. The molecular weight excluding hydrogens is 498 g/mol. The van der Waals surface area contributed by atoms with Crippen LogP contribution in [0.4, 0.5) is 0 Å². The van der Waals surface area contributed by atoms with E-state index in [9.17, 15) is 4.79 Å². The van der Waals surface area contributed by atoms with E-state index in [1.54, 1.807) is 19.3 Å². The average molecular weight is 524 g/mol. The molecule has 1 aromatic carbocycles. The van der Waals surface area contributed by atoms with Crippen molar-refractivity contribution in [2.75, 3.05) is 27.2 Å². The number of imidazole rings is 1. The molecule has 0 aliphatic rings. The molecule has 0 saturated carbocycles. The molecule has 0 unspecified atom stereocenters. The molecule has 6 aromatic rings. The number of likely N-dealkylation sites (N-methyl/N-ethyl adjacent to an activating group) is 1. The lowest BCUT2D eigenvalue weighted by Crippen LogP contribution is -2.19. The number of nitrogens with zero attached hydrogens (tertiary/aromatic N) is 5. The van der Waals surface area contributed by atoms with Crippen molar-refractivity contribution in [1.82, 2.24) is 35.0 Å². The second-order valence-corrected chi connectivity index (χ2v) is 10.3. The molecule has 5 aromatic heterocycles. The van der Waals surface area contributed by atoms with Crippen LogP contribution < -0.4 is 4.74 Å². The van der Waals surface area contributed by atoms with Gasteiger partial charge < -0.3 is 14.6 Å². The minimum atomic E-state index is 0.0499. The number of carbonyl (C=O) groups is 1. The predicted octanol–water partition coefficient (Wildman–Crippen LogP) is 5.43. The zero-order valence-electron chi connectivity index (χ0n) is 21.1. The summed E-state index contributed by atoms with van der Waals surface area (Å²) >= 11 is 1.45. The number of rotatable bonds is 8. The number of pyridine rings is 2. The van der Waals surface area contributed by atoms with Gasteiger partial charge in [-0.05, 0) is 63.0 Å². The lowest BCUT2D eigenvalue weighted by Gasteiger charge is -2.11. The molecule has 0 aliphatic heterocycles. The van der Waals surface area contributed by atoms with E-state index in [1.165, 1.54) is 11.3 Å². The number of Topliss-reactive ketones (excluding diaryl/α,β-unsaturated/α-hetero) is 1. The summed E-state index contributed by atoms with van der Waals surface area (Å²) in [7, 11) is 4.03. The Morgan fingerprint density at radius 1 is 1.08 bits per heavy atom. The first-order chi connectivity index (χ1) is 18.5. The largest absolute Gasteiger partial charge is 0.491 e. The number of ether oxygens (including phenoxy) is 1. The standard InChI is InChI=1S/C28H25N7O2S/c1-16(36)23-6-7-24(38-23)20-8-9-30-27-25(20)31-28(32-27)26-21-13-17(4-5-22(21)33-34-26)18-12-19(15-29-14-18)37-11-10-35(2)3/h4-9,12-15H,10-11H2,1-3H3,(H,33,34)(H,30,31,32). The molecule has 0 aliphatic carbocycles. The van der Waals surface area contributed by atoms with Crippen LogP contribution in [0.15, 0.2) is 61.1 Å². The fourth-order valence-electron chi connectivity index (χ4n) is 4.27. The lowest BCUT2D eigenvalue weighted by molar-refractivity contribution is 0.102. The van der Waals surface area contributed by atoms with E-state index in [-0.39, 0.29) is 5.78 Å². The second-order valence-electron chi connectivity index (χ2n) is 9.25. The molecule has 0 radical (unpaired) electrons. The summed E-state index contributed by atoms with van der Waals surface area (Å²) in [5.41, 5.74) is 5.87. The van der Waals surface area contributed by atoms with Crippen LogP contribution >= 0.6 is 11.3 Å². The van der Waals surface area contributed by atoms with Gasteiger partial charge in [-0.15, -0.1) is 11.3 Å². The Bertz CT molecular complexity index is 1780. The van der Waals surface area contributed by atoms with Crippen molar-refractivity contribution in [3.05, 3.63) is 65.9 Å². The van der Waals surface area contributed by atoms with E-state index in [0.717, 1.165) is 50.3 Å².